The van der Waals surface area contributed by atoms with E-state index >= 15 is 0 Å². The number of thioether (sulfide) groups is 1. The number of aromatic nitrogens is 2. The van der Waals surface area contributed by atoms with Gasteiger partial charge in [0.1, 0.15) is 11.9 Å². The first kappa shape index (κ1) is 23.8. The van der Waals surface area contributed by atoms with Gasteiger partial charge in [0.2, 0.25) is 15.9 Å². The Kier molecular flexibility index (Phi) is 7.41. The van der Waals surface area contributed by atoms with E-state index in [0.29, 0.717) is 25.2 Å². The molecule has 7 nitrogen and oxygen atoms in total. The van der Waals surface area contributed by atoms with Crippen molar-refractivity contribution < 1.29 is 13.2 Å². The molecule has 2 heterocycles. The predicted octanol–water partition coefficient (Wildman–Crippen LogP) is 4.03. The summed E-state index contributed by atoms with van der Waals surface area (Å²) in [5.41, 5.74) is 2.75. The van der Waals surface area contributed by atoms with Crippen LogP contribution in [0.4, 0.5) is 0 Å². The van der Waals surface area contributed by atoms with Crippen LogP contribution in [0.1, 0.15) is 43.1 Å². The molecular weight excluding hydrogens is 456 g/mol. The Morgan fingerprint density at radius 3 is 2.70 bits per heavy atom. The molecule has 2 N–H and O–H groups in total. The summed E-state index contributed by atoms with van der Waals surface area (Å²) in [6, 6.07) is 13.5. The molecular formula is C24H30N4O3S2. The summed E-state index contributed by atoms with van der Waals surface area (Å²) in [5, 5.41) is 3.11. The van der Waals surface area contributed by atoms with Gasteiger partial charge in [0, 0.05) is 6.54 Å². The molecule has 1 aromatic heterocycles. The monoisotopic (exact) mass is 486 g/mol. The Morgan fingerprint density at radius 2 is 1.97 bits per heavy atom. The zero-order valence-corrected chi connectivity index (χ0v) is 20.6. The number of fused-ring (bicyclic) bond motifs is 1. The maximum Gasteiger partial charge on any atom is 0.243 e. The van der Waals surface area contributed by atoms with Gasteiger partial charge in [-0.3, -0.25) is 4.79 Å². The highest BCUT2D eigenvalue weighted by atomic mass is 32.2. The first-order valence-electron chi connectivity index (χ1n) is 11.2. The third-order valence-corrected chi connectivity index (χ3v) is 8.62. The zero-order chi connectivity index (χ0) is 23.4. The van der Waals surface area contributed by atoms with Crippen molar-refractivity contribution in [2.75, 3.05) is 18.6 Å². The van der Waals surface area contributed by atoms with Crippen molar-refractivity contribution in [3.63, 3.8) is 0 Å². The summed E-state index contributed by atoms with van der Waals surface area (Å²) >= 11 is 1.70. The lowest BCUT2D eigenvalue weighted by molar-refractivity contribution is -0.126. The second-order valence-corrected chi connectivity index (χ2v) is 11.3. The standard InChI is InChI=1S/C24H30N4O3S2/c1-17-10-12-18(13-11-17)33(30,31)28-15-6-5-9-22(28)24(29)27-21(14-16-32-2)23-25-19-7-3-4-8-20(19)26-23/h3-4,7-8,10-13,21-22H,5-6,9,14-16H2,1-2H3,(H,25,26)(H,27,29)/t21-,22-/m1/s1. The van der Waals surface area contributed by atoms with Crippen LogP contribution in [0.2, 0.25) is 0 Å². The molecule has 1 aliphatic rings. The van der Waals surface area contributed by atoms with Crippen molar-refractivity contribution >= 4 is 38.7 Å². The molecule has 0 bridgehead atoms. The minimum absolute atomic E-state index is 0.226. The van der Waals surface area contributed by atoms with Gasteiger partial charge in [-0.1, -0.05) is 36.2 Å². The van der Waals surface area contributed by atoms with E-state index in [1.54, 1.807) is 36.0 Å². The van der Waals surface area contributed by atoms with E-state index in [-0.39, 0.29) is 16.8 Å². The lowest BCUT2D eigenvalue weighted by Crippen LogP contribution is -2.52. The number of imidazole rings is 1. The average molecular weight is 487 g/mol. The summed E-state index contributed by atoms with van der Waals surface area (Å²) in [4.78, 5) is 21.7. The number of hydrogen-bond donors (Lipinski definition) is 2. The number of H-pyrrole nitrogens is 1. The molecule has 0 aliphatic carbocycles. The first-order valence-corrected chi connectivity index (χ1v) is 14.1. The number of carbonyl (C=O) groups is 1. The lowest BCUT2D eigenvalue weighted by Gasteiger charge is -2.34. The summed E-state index contributed by atoms with van der Waals surface area (Å²) in [6.45, 7) is 2.26. The summed E-state index contributed by atoms with van der Waals surface area (Å²) in [5.74, 6) is 1.28. The fraction of sp³-hybridized carbons (Fsp3) is 0.417. The van der Waals surface area contributed by atoms with E-state index in [1.807, 2.05) is 37.4 Å². The average Bonchev–Trinajstić information content (AvgIpc) is 3.26. The number of rotatable bonds is 8. The number of aromatic amines is 1. The second-order valence-electron chi connectivity index (χ2n) is 8.42. The van der Waals surface area contributed by atoms with E-state index in [1.165, 1.54) is 4.31 Å². The Bertz CT molecular complexity index is 1170. The molecule has 3 aromatic rings. The van der Waals surface area contributed by atoms with Crippen LogP contribution in [-0.2, 0) is 14.8 Å². The number of amides is 1. The molecule has 2 atom stereocenters. The predicted molar refractivity (Wildman–Crippen MR) is 133 cm³/mol. The van der Waals surface area contributed by atoms with Gasteiger partial charge < -0.3 is 10.3 Å². The van der Waals surface area contributed by atoms with Gasteiger partial charge in [0.15, 0.2) is 0 Å². The van der Waals surface area contributed by atoms with E-state index in [9.17, 15) is 13.2 Å². The smallest absolute Gasteiger partial charge is 0.243 e. The molecule has 2 aromatic carbocycles. The fourth-order valence-electron chi connectivity index (χ4n) is 4.22. The van der Waals surface area contributed by atoms with Crippen molar-refractivity contribution in [2.45, 2.75) is 49.6 Å². The maximum atomic E-state index is 13.4. The van der Waals surface area contributed by atoms with Crippen LogP contribution in [0.15, 0.2) is 53.4 Å². The van der Waals surface area contributed by atoms with Gasteiger partial charge in [-0.05, 0) is 62.5 Å². The molecule has 0 unspecified atom stereocenters. The molecule has 1 saturated heterocycles. The number of piperidine rings is 1. The van der Waals surface area contributed by atoms with Crippen molar-refractivity contribution in [1.29, 1.82) is 0 Å². The highest BCUT2D eigenvalue weighted by molar-refractivity contribution is 7.98. The Balaban J connectivity index is 1.58. The van der Waals surface area contributed by atoms with Gasteiger partial charge in [0.25, 0.3) is 0 Å². The van der Waals surface area contributed by atoms with Gasteiger partial charge in [-0.15, -0.1) is 0 Å². The molecule has 176 valence electrons. The Morgan fingerprint density at radius 1 is 1.21 bits per heavy atom. The third kappa shape index (κ3) is 5.26. The number of hydrogen-bond acceptors (Lipinski definition) is 5. The largest absolute Gasteiger partial charge is 0.345 e. The topological polar surface area (TPSA) is 95.2 Å². The summed E-state index contributed by atoms with van der Waals surface area (Å²) in [7, 11) is -3.77. The number of aryl methyl sites for hydroxylation is 1. The molecule has 1 fully saturated rings. The molecule has 9 heteroatoms. The highest BCUT2D eigenvalue weighted by Crippen LogP contribution is 2.27. The quantitative estimate of drug-likeness (QED) is 0.501. The molecule has 1 aliphatic heterocycles. The van der Waals surface area contributed by atoms with Crippen LogP contribution >= 0.6 is 11.8 Å². The first-order chi connectivity index (χ1) is 15.9. The van der Waals surface area contributed by atoms with Gasteiger partial charge in [-0.25, -0.2) is 13.4 Å². The number of benzene rings is 2. The highest BCUT2D eigenvalue weighted by Gasteiger charge is 2.38. The van der Waals surface area contributed by atoms with Crippen molar-refractivity contribution in [1.82, 2.24) is 19.6 Å². The normalized spacial score (nSPS) is 18.3. The summed E-state index contributed by atoms with van der Waals surface area (Å²) < 4.78 is 28.1. The van der Waals surface area contributed by atoms with Crippen LogP contribution in [0.5, 0.6) is 0 Å². The molecule has 4 rings (SSSR count). The van der Waals surface area contributed by atoms with E-state index in [0.717, 1.165) is 35.2 Å². The number of carbonyl (C=O) groups excluding carboxylic acids is 1. The van der Waals surface area contributed by atoms with Gasteiger partial charge in [-0.2, -0.15) is 16.1 Å². The van der Waals surface area contributed by atoms with Crippen molar-refractivity contribution in [2.24, 2.45) is 0 Å². The molecule has 0 saturated carbocycles. The molecule has 0 radical (unpaired) electrons. The van der Waals surface area contributed by atoms with Crippen LogP contribution in [-0.4, -0.2) is 53.2 Å². The maximum absolute atomic E-state index is 13.4. The fourth-order valence-corrected chi connectivity index (χ4v) is 6.35. The number of nitrogens with one attached hydrogen (secondary N) is 2. The number of sulfonamides is 1. The number of para-hydroxylation sites is 2. The van der Waals surface area contributed by atoms with Crippen molar-refractivity contribution in [3.8, 4) is 0 Å². The van der Waals surface area contributed by atoms with Crippen LogP contribution < -0.4 is 5.32 Å². The Hall–Kier alpha value is -2.36. The molecule has 33 heavy (non-hydrogen) atoms. The van der Waals surface area contributed by atoms with E-state index in [2.05, 4.69) is 15.3 Å². The SMILES string of the molecule is CSCC[C@@H](NC(=O)[C@H]1CCCCN1S(=O)(=O)c1ccc(C)cc1)c1nc2ccccc2[nH]1. The minimum Gasteiger partial charge on any atom is -0.345 e. The van der Waals surface area contributed by atoms with Crippen molar-refractivity contribution in [3.05, 3.63) is 59.9 Å². The van der Waals surface area contributed by atoms with Crippen LogP contribution in [0.25, 0.3) is 11.0 Å². The van der Waals surface area contributed by atoms with Gasteiger partial charge in [0.05, 0.1) is 22.0 Å². The van der Waals surface area contributed by atoms with Crippen LogP contribution in [0, 0.1) is 6.92 Å². The molecule has 1 amide bonds. The molecule has 0 spiro atoms. The van der Waals surface area contributed by atoms with Gasteiger partial charge >= 0.3 is 0 Å². The van der Waals surface area contributed by atoms with Crippen LogP contribution in [0.3, 0.4) is 0 Å². The zero-order valence-electron chi connectivity index (χ0n) is 19.0. The Labute approximate surface area is 199 Å². The van der Waals surface area contributed by atoms with E-state index < -0.39 is 16.1 Å². The third-order valence-electron chi connectivity index (χ3n) is 6.05. The summed E-state index contributed by atoms with van der Waals surface area (Å²) in [6.07, 6.45) is 4.79. The number of nitrogens with zero attached hydrogens (tertiary/aromatic N) is 2. The lowest BCUT2D eigenvalue weighted by atomic mass is 10.0. The van der Waals surface area contributed by atoms with E-state index in [4.69, 9.17) is 0 Å². The minimum atomic E-state index is -3.77. The second kappa shape index (κ2) is 10.3.